The molecular weight excluding hydrogens is 196 g/mol. The normalized spacial score (nSPS) is 11.1. The Hall–Kier alpha value is -0.740. The van der Waals surface area contributed by atoms with Gasteiger partial charge in [-0.15, -0.1) is 0 Å². The van der Waals surface area contributed by atoms with Crippen molar-refractivity contribution < 1.29 is 0 Å². The first-order chi connectivity index (χ1) is 6.61. The van der Waals surface area contributed by atoms with Crippen molar-refractivity contribution in [1.29, 1.82) is 0 Å². The molecule has 1 aromatic carbocycles. The van der Waals surface area contributed by atoms with Crippen LogP contribution in [0.15, 0.2) is 10.9 Å². The Morgan fingerprint density at radius 2 is 2.14 bits per heavy atom. The van der Waals surface area contributed by atoms with Crippen LogP contribution in [0, 0.1) is 4.51 Å². The first-order valence-corrected chi connectivity index (χ1v) is 5.21. The molecule has 4 heteroatoms. The molecule has 0 saturated heterocycles. The van der Waals surface area contributed by atoms with Crippen molar-refractivity contribution >= 4 is 17.9 Å². The van der Waals surface area contributed by atoms with Crippen molar-refractivity contribution in [3.05, 3.63) is 20.8 Å². The third-order valence-electron chi connectivity index (χ3n) is 2.09. The van der Waals surface area contributed by atoms with Crippen LogP contribution in [0.4, 0.5) is 5.69 Å². The molecular formula is C10H16N2OS. The number of rotatable bonds is 6. The third kappa shape index (κ3) is 3.20. The van der Waals surface area contributed by atoms with E-state index in [1.165, 1.54) is 0 Å². The molecule has 0 radical (unpaired) electrons. The van der Waals surface area contributed by atoms with E-state index in [2.05, 4.69) is 24.3 Å². The fourth-order valence-corrected chi connectivity index (χ4v) is 1.41. The van der Waals surface area contributed by atoms with Crippen LogP contribution in [-0.4, -0.2) is 32.1 Å². The van der Waals surface area contributed by atoms with Gasteiger partial charge < -0.3 is 10.2 Å². The van der Waals surface area contributed by atoms with Gasteiger partial charge in [0.25, 0.3) is 0 Å². The fraction of sp³-hybridized carbons (Fsp3) is 0.600. The van der Waals surface area contributed by atoms with E-state index < -0.39 is 0 Å². The standard InChI is InChI=1S/C10H16N2OS/c1-12(2)6-4-3-5-11-8-7-9(13)10(8)14/h7,11H,3-6H2,1-2H3. The Balaban J connectivity index is 2.09. The molecule has 0 aliphatic carbocycles. The highest BCUT2D eigenvalue weighted by Gasteiger charge is 2.03. The van der Waals surface area contributed by atoms with Crippen LogP contribution >= 0.6 is 12.2 Å². The average Bonchev–Trinajstić information content (AvgIpc) is 2.15. The van der Waals surface area contributed by atoms with Gasteiger partial charge in [-0.2, -0.15) is 0 Å². The van der Waals surface area contributed by atoms with Gasteiger partial charge in [0, 0.05) is 12.6 Å². The molecule has 0 aliphatic rings. The molecule has 0 aromatic heterocycles. The number of anilines is 1. The van der Waals surface area contributed by atoms with Crippen LogP contribution < -0.4 is 10.7 Å². The SMILES string of the molecule is CN(C)CCCCNc1cc(=O)c1=S. The summed E-state index contributed by atoms with van der Waals surface area (Å²) in [6.45, 7) is 2.00. The molecule has 0 amide bonds. The van der Waals surface area contributed by atoms with Gasteiger partial charge in [-0.3, -0.25) is 4.79 Å². The lowest BCUT2D eigenvalue weighted by atomic mass is 10.2. The molecule has 0 atom stereocenters. The summed E-state index contributed by atoms with van der Waals surface area (Å²) in [4.78, 5) is 12.9. The maximum absolute atomic E-state index is 10.8. The van der Waals surface area contributed by atoms with E-state index in [-0.39, 0.29) is 5.43 Å². The molecule has 3 nitrogen and oxygen atoms in total. The van der Waals surface area contributed by atoms with Gasteiger partial charge >= 0.3 is 0 Å². The molecule has 1 rings (SSSR count). The average molecular weight is 212 g/mol. The minimum atomic E-state index is -0.0178. The van der Waals surface area contributed by atoms with Gasteiger partial charge in [0.15, 0.2) is 0 Å². The third-order valence-corrected chi connectivity index (χ3v) is 2.51. The Kier molecular flexibility index (Phi) is 4.22. The van der Waals surface area contributed by atoms with Crippen LogP contribution in [0.25, 0.3) is 0 Å². The molecule has 0 spiro atoms. The lowest BCUT2D eigenvalue weighted by Gasteiger charge is -2.10. The zero-order valence-electron chi connectivity index (χ0n) is 8.67. The number of nitrogens with zero attached hydrogens (tertiary/aromatic N) is 1. The van der Waals surface area contributed by atoms with E-state index in [4.69, 9.17) is 12.2 Å². The first-order valence-electron chi connectivity index (χ1n) is 4.80. The summed E-state index contributed by atoms with van der Waals surface area (Å²) in [7, 11) is 4.13. The quantitative estimate of drug-likeness (QED) is 0.571. The highest BCUT2D eigenvalue weighted by molar-refractivity contribution is 7.71. The molecule has 14 heavy (non-hydrogen) atoms. The van der Waals surface area contributed by atoms with E-state index >= 15 is 0 Å². The van der Waals surface area contributed by atoms with E-state index in [9.17, 15) is 4.79 Å². The van der Waals surface area contributed by atoms with Crippen molar-refractivity contribution in [2.75, 3.05) is 32.5 Å². The summed E-state index contributed by atoms with van der Waals surface area (Å²) in [5.74, 6) is 0. The highest BCUT2D eigenvalue weighted by Crippen LogP contribution is 2.07. The minimum Gasteiger partial charge on any atom is -0.384 e. The topological polar surface area (TPSA) is 32.3 Å². The number of unbranched alkanes of at least 4 members (excludes halogenated alkanes) is 1. The summed E-state index contributed by atoms with van der Waals surface area (Å²) in [5.41, 5.74) is 0.825. The van der Waals surface area contributed by atoms with E-state index in [0.29, 0.717) is 4.51 Å². The molecule has 0 aliphatic heterocycles. The van der Waals surface area contributed by atoms with Crippen molar-refractivity contribution in [1.82, 2.24) is 4.90 Å². The van der Waals surface area contributed by atoms with Crippen molar-refractivity contribution in [2.45, 2.75) is 12.8 Å². The Morgan fingerprint density at radius 1 is 1.43 bits per heavy atom. The molecule has 0 saturated carbocycles. The molecule has 0 unspecified atom stereocenters. The first kappa shape index (κ1) is 11.3. The lowest BCUT2D eigenvalue weighted by molar-refractivity contribution is 0.396. The second-order valence-corrected chi connectivity index (χ2v) is 4.10. The Morgan fingerprint density at radius 3 is 2.64 bits per heavy atom. The van der Waals surface area contributed by atoms with Crippen molar-refractivity contribution in [3.8, 4) is 0 Å². The summed E-state index contributed by atoms with van der Waals surface area (Å²) < 4.78 is 0.456. The van der Waals surface area contributed by atoms with E-state index in [0.717, 1.165) is 31.6 Å². The molecule has 1 N–H and O–H groups in total. The van der Waals surface area contributed by atoms with Gasteiger partial charge in [-0.05, 0) is 33.5 Å². The van der Waals surface area contributed by atoms with Gasteiger partial charge in [-0.1, -0.05) is 12.2 Å². The maximum atomic E-state index is 10.8. The molecule has 1 aromatic rings. The second-order valence-electron chi connectivity index (χ2n) is 3.69. The largest absolute Gasteiger partial charge is 0.384 e. The van der Waals surface area contributed by atoms with Gasteiger partial charge in [0.2, 0.25) is 5.43 Å². The molecule has 0 heterocycles. The molecule has 78 valence electrons. The number of nitrogens with one attached hydrogen (secondary N) is 1. The molecule has 0 fully saturated rings. The van der Waals surface area contributed by atoms with Crippen LogP contribution in [-0.2, 0) is 0 Å². The van der Waals surface area contributed by atoms with Crippen LogP contribution in [0.1, 0.15) is 12.8 Å². The Labute approximate surface area is 89.4 Å². The Bertz CT molecular complexity index is 353. The summed E-state index contributed by atoms with van der Waals surface area (Å²) in [6, 6.07) is 1.56. The monoisotopic (exact) mass is 212 g/mol. The van der Waals surface area contributed by atoms with E-state index in [1.807, 2.05) is 0 Å². The summed E-state index contributed by atoms with van der Waals surface area (Å²) in [6.07, 6.45) is 2.26. The van der Waals surface area contributed by atoms with Crippen LogP contribution in [0.2, 0.25) is 0 Å². The zero-order valence-corrected chi connectivity index (χ0v) is 9.49. The second kappa shape index (κ2) is 5.22. The van der Waals surface area contributed by atoms with Crippen LogP contribution in [0.3, 0.4) is 0 Å². The van der Waals surface area contributed by atoms with Gasteiger partial charge in [-0.25, -0.2) is 0 Å². The van der Waals surface area contributed by atoms with Crippen LogP contribution in [0.5, 0.6) is 0 Å². The maximum Gasteiger partial charge on any atom is 0.200 e. The van der Waals surface area contributed by atoms with E-state index in [1.54, 1.807) is 6.07 Å². The smallest absolute Gasteiger partial charge is 0.200 e. The predicted molar refractivity (Wildman–Crippen MR) is 62.2 cm³/mol. The van der Waals surface area contributed by atoms with Crippen molar-refractivity contribution in [2.24, 2.45) is 0 Å². The molecule has 0 bridgehead atoms. The predicted octanol–water partition coefficient (Wildman–Crippen LogP) is 1.41. The highest BCUT2D eigenvalue weighted by atomic mass is 32.1. The summed E-state index contributed by atoms with van der Waals surface area (Å²) >= 11 is 4.86. The lowest BCUT2D eigenvalue weighted by Crippen LogP contribution is -2.16. The van der Waals surface area contributed by atoms with Gasteiger partial charge in [0.1, 0.15) is 4.51 Å². The van der Waals surface area contributed by atoms with Crippen molar-refractivity contribution in [3.63, 3.8) is 0 Å². The number of hydrogen-bond acceptors (Lipinski definition) is 4. The zero-order chi connectivity index (χ0) is 10.6. The number of hydrogen-bond donors (Lipinski definition) is 1. The summed E-state index contributed by atoms with van der Waals surface area (Å²) in [5, 5.41) is 3.15. The minimum absolute atomic E-state index is 0.0178. The van der Waals surface area contributed by atoms with Gasteiger partial charge in [0.05, 0.1) is 5.69 Å². The fourth-order valence-electron chi connectivity index (χ4n) is 1.22.